The van der Waals surface area contributed by atoms with Crippen LogP contribution in [0.5, 0.6) is 0 Å². The average molecular weight is 324 g/mol. The van der Waals surface area contributed by atoms with Gasteiger partial charge in [0.25, 0.3) is 0 Å². The van der Waals surface area contributed by atoms with E-state index in [1.54, 1.807) is 0 Å². The molecule has 4 rings (SSSR count). The van der Waals surface area contributed by atoms with Crippen molar-refractivity contribution in [3.63, 3.8) is 0 Å². The summed E-state index contributed by atoms with van der Waals surface area (Å²) < 4.78 is 2.26. The molecular formula is C18H24N6. The van der Waals surface area contributed by atoms with Gasteiger partial charge in [0.15, 0.2) is 5.65 Å². The Morgan fingerprint density at radius 3 is 3.12 bits per heavy atom. The summed E-state index contributed by atoms with van der Waals surface area (Å²) in [5, 5.41) is 8.12. The summed E-state index contributed by atoms with van der Waals surface area (Å²) in [6, 6.07) is 4.72. The van der Waals surface area contributed by atoms with Gasteiger partial charge in [0.1, 0.15) is 5.82 Å². The largest absolute Gasteiger partial charge is 0.331 e. The number of fused-ring (bicyclic) bond motifs is 1. The third-order valence-corrected chi connectivity index (χ3v) is 4.92. The van der Waals surface area contributed by atoms with Gasteiger partial charge in [-0.1, -0.05) is 0 Å². The van der Waals surface area contributed by atoms with E-state index in [9.17, 15) is 0 Å². The fourth-order valence-electron chi connectivity index (χ4n) is 3.65. The first-order valence-corrected chi connectivity index (χ1v) is 8.75. The maximum atomic E-state index is 4.77. The quantitative estimate of drug-likeness (QED) is 0.801. The lowest BCUT2D eigenvalue weighted by molar-refractivity contribution is 0.191. The Hall–Kier alpha value is -2.21. The first-order valence-electron chi connectivity index (χ1n) is 8.75. The van der Waals surface area contributed by atoms with Gasteiger partial charge in [-0.05, 0) is 45.4 Å². The molecule has 0 aromatic carbocycles. The Kier molecular flexibility index (Phi) is 4.06. The van der Waals surface area contributed by atoms with Crippen LogP contribution >= 0.6 is 0 Å². The van der Waals surface area contributed by atoms with Gasteiger partial charge in [-0.2, -0.15) is 5.10 Å². The van der Waals surface area contributed by atoms with Crippen LogP contribution in [0.15, 0.2) is 30.7 Å². The zero-order valence-electron chi connectivity index (χ0n) is 14.3. The van der Waals surface area contributed by atoms with Crippen molar-refractivity contribution in [2.75, 3.05) is 13.1 Å². The molecule has 0 aliphatic carbocycles. The van der Waals surface area contributed by atoms with Gasteiger partial charge in [-0.3, -0.25) is 10.00 Å². The Balaban J connectivity index is 1.50. The fraction of sp³-hybridized carbons (Fsp3) is 0.500. The van der Waals surface area contributed by atoms with E-state index >= 15 is 0 Å². The van der Waals surface area contributed by atoms with Gasteiger partial charge in [0, 0.05) is 42.0 Å². The summed E-state index contributed by atoms with van der Waals surface area (Å²) in [5.74, 6) is 1.64. The molecule has 0 amide bonds. The third-order valence-electron chi connectivity index (χ3n) is 4.92. The molecule has 1 fully saturated rings. The van der Waals surface area contributed by atoms with Gasteiger partial charge in [0.2, 0.25) is 0 Å². The summed E-state index contributed by atoms with van der Waals surface area (Å²) in [5.41, 5.74) is 2.06. The lowest BCUT2D eigenvalue weighted by Crippen LogP contribution is -2.35. The highest BCUT2D eigenvalue weighted by atomic mass is 15.2. The van der Waals surface area contributed by atoms with E-state index in [4.69, 9.17) is 4.98 Å². The van der Waals surface area contributed by atoms with E-state index in [-0.39, 0.29) is 0 Å². The molecule has 1 saturated heterocycles. The molecule has 4 heterocycles. The molecule has 3 aromatic rings. The summed E-state index contributed by atoms with van der Waals surface area (Å²) in [7, 11) is 0. The van der Waals surface area contributed by atoms with Crippen LogP contribution in [0.4, 0.5) is 0 Å². The lowest BCUT2D eigenvalue weighted by atomic mass is 9.94. The van der Waals surface area contributed by atoms with Gasteiger partial charge >= 0.3 is 0 Å². The highest BCUT2D eigenvalue weighted by Gasteiger charge is 2.24. The van der Waals surface area contributed by atoms with Crippen LogP contribution in [-0.4, -0.2) is 42.7 Å². The lowest BCUT2D eigenvalue weighted by Gasteiger charge is -2.32. The Labute approximate surface area is 141 Å². The van der Waals surface area contributed by atoms with Crippen molar-refractivity contribution >= 4 is 11.0 Å². The van der Waals surface area contributed by atoms with E-state index in [0.717, 1.165) is 36.5 Å². The molecule has 6 nitrogen and oxygen atoms in total. The zero-order chi connectivity index (χ0) is 16.5. The molecule has 1 aliphatic heterocycles. The van der Waals surface area contributed by atoms with Crippen LogP contribution in [-0.2, 0) is 6.54 Å². The molecular weight excluding hydrogens is 300 g/mol. The number of nitrogens with one attached hydrogen (secondary N) is 1. The minimum Gasteiger partial charge on any atom is -0.331 e. The molecule has 1 atom stereocenters. The SMILES string of the molecule is CC(C)n1ccnc1CN1CCC[C@H](c2ccc3cn[nH]c3n2)C1. The van der Waals surface area contributed by atoms with E-state index in [1.807, 2.05) is 12.4 Å². The number of nitrogens with zero attached hydrogens (tertiary/aromatic N) is 5. The number of H-pyrrole nitrogens is 1. The van der Waals surface area contributed by atoms with Gasteiger partial charge in [-0.25, -0.2) is 9.97 Å². The second-order valence-electron chi connectivity index (χ2n) is 6.96. The Bertz CT molecular complexity index is 818. The number of aromatic amines is 1. The van der Waals surface area contributed by atoms with Crippen molar-refractivity contribution in [1.82, 2.24) is 29.6 Å². The predicted molar refractivity (Wildman–Crippen MR) is 93.8 cm³/mol. The average Bonchev–Trinajstić information content (AvgIpc) is 3.23. The zero-order valence-corrected chi connectivity index (χ0v) is 14.3. The van der Waals surface area contributed by atoms with Crippen molar-refractivity contribution < 1.29 is 0 Å². The first-order chi connectivity index (χ1) is 11.7. The maximum Gasteiger partial charge on any atom is 0.155 e. The van der Waals surface area contributed by atoms with Crippen molar-refractivity contribution in [2.45, 2.75) is 45.2 Å². The fourth-order valence-corrected chi connectivity index (χ4v) is 3.65. The Morgan fingerprint density at radius 2 is 2.25 bits per heavy atom. The number of aromatic nitrogens is 5. The summed E-state index contributed by atoms with van der Waals surface area (Å²) in [4.78, 5) is 11.8. The summed E-state index contributed by atoms with van der Waals surface area (Å²) >= 11 is 0. The monoisotopic (exact) mass is 324 g/mol. The summed E-state index contributed by atoms with van der Waals surface area (Å²) in [6.45, 7) is 7.49. The van der Waals surface area contributed by atoms with Crippen LogP contribution < -0.4 is 0 Å². The molecule has 1 aliphatic rings. The van der Waals surface area contributed by atoms with Crippen LogP contribution in [0.2, 0.25) is 0 Å². The second kappa shape index (κ2) is 6.36. The van der Waals surface area contributed by atoms with E-state index in [1.165, 1.54) is 18.5 Å². The van der Waals surface area contributed by atoms with Crippen molar-refractivity contribution in [3.05, 3.63) is 42.2 Å². The van der Waals surface area contributed by atoms with E-state index < -0.39 is 0 Å². The van der Waals surface area contributed by atoms with Crippen molar-refractivity contribution in [2.24, 2.45) is 0 Å². The molecule has 1 N–H and O–H groups in total. The molecule has 0 unspecified atom stereocenters. The normalized spacial score (nSPS) is 19.4. The molecule has 6 heteroatoms. The standard InChI is InChI=1S/C18H24N6/c1-13(2)24-9-7-19-17(24)12-23-8-3-4-15(11-23)16-6-5-14-10-20-22-18(14)21-16/h5-7,9-10,13,15H,3-4,8,11-12H2,1-2H3,(H,20,21,22)/t15-/m0/s1. The highest BCUT2D eigenvalue weighted by molar-refractivity contribution is 5.73. The van der Waals surface area contributed by atoms with Crippen LogP contribution in [0.25, 0.3) is 11.0 Å². The molecule has 0 saturated carbocycles. The van der Waals surface area contributed by atoms with Crippen molar-refractivity contribution in [1.29, 1.82) is 0 Å². The van der Waals surface area contributed by atoms with E-state index in [2.05, 4.69) is 56.8 Å². The van der Waals surface area contributed by atoms with Crippen LogP contribution in [0, 0.1) is 0 Å². The molecule has 0 radical (unpaired) electrons. The molecule has 0 bridgehead atoms. The number of pyridine rings is 1. The molecule has 3 aromatic heterocycles. The molecule has 24 heavy (non-hydrogen) atoms. The third kappa shape index (κ3) is 2.94. The van der Waals surface area contributed by atoms with E-state index in [0.29, 0.717) is 12.0 Å². The highest BCUT2D eigenvalue weighted by Crippen LogP contribution is 2.27. The Morgan fingerprint density at radius 1 is 1.33 bits per heavy atom. The van der Waals surface area contributed by atoms with Gasteiger partial charge in [0.05, 0.1) is 12.7 Å². The molecule has 0 spiro atoms. The number of likely N-dealkylation sites (tertiary alicyclic amines) is 1. The number of hydrogen-bond acceptors (Lipinski definition) is 4. The second-order valence-corrected chi connectivity index (χ2v) is 6.96. The van der Waals surface area contributed by atoms with Gasteiger partial charge < -0.3 is 4.57 Å². The van der Waals surface area contributed by atoms with Crippen LogP contribution in [0.1, 0.15) is 50.2 Å². The minimum absolute atomic E-state index is 0.451. The maximum absolute atomic E-state index is 4.77. The minimum atomic E-state index is 0.451. The van der Waals surface area contributed by atoms with Gasteiger partial charge in [-0.15, -0.1) is 0 Å². The number of hydrogen-bond donors (Lipinski definition) is 1. The smallest absolute Gasteiger partial charge is 0.155 e. The number of rotatable bonds is 4. The first kappa shape index (κ1) is 15.3. The predicted octanol–water partition coefficient (Wildman–Crippen LogP) is 3.11. The number of imidazole rings is 1. The summed E-state index contributed by atoms with van der Waals surface area (Å²) in [6.07, 6.45) is 8.21. The molecule has 126 valence electrons. The van der Waals surface area contributed by atoms with Crippen molar-refractivity contribution in [3.8, 4) is 0 Å². The van der Waals surface area contributed by atoms with Crippen LogP contribution in [0.3, 0.4) is 0 Å². The topological polar surface area (TPSA) is 62.6 Å². The number of piperidine rings is 1.